The predicted octanol–water partition coefficient (Wildman–Crippen LogP) is 4.36. The highest BCUT2D eigenvalue weighted by molar-refractivity contribution is 9.10. The van der Waals surface area contributed by atoms with E-state index in [4.69, 9.17) is 0 Å². The third kappa shape index (κ3) is 4.29. The second kappa shape index (κ2) is 8.15. The minimum atomic E-state index is -0.140. The van der Waals surface area contributed by atoms with Gasteiger partial charge in [0.25, 0.3) is 0 Å². The van der Waals surface area contributed by atoms with E-state index in [-0.39, 0.29) is 12.3 Å². The molecule has 3 aromatic rings. The van der Waals surface area contributed by atoms with Crippen LogP contribution >= 0.6 is 15.9 Å². The second-order valence-electron chi connectivity index (χ2n) is 6.21. The van der Waals surface area contributed by atoms with E-state index in [2.05, 4.69) is 26.5 Å². The van der Waals surface area contributed by atoms with E-state index in [0.29, 0.717) is 0 Å². The maximum absolute atomic E-state index is 12.2. The van der Waals surface area contributed by atoms with Crippen molar-refractivity contribution in [1.29, 1.82) is 0 Å². The van der Waals surface area contributed by atoms with Crippen LogP contribution in [-0.4, -0.2) is 26.2 Å². The standard InChI is InChI=1S/C21H20BrN3O/c1-25(2)17-10-7-15(8-11-17)14-23-24-21(26)13-16-9-12-20(22)19-6-4-3-5-18(16)19/h3-12,14H,13H2,1-2H3,(H,24,26). The summed E-state index contributed by atoms with van der Waals surface area (Å²) in [4.78, 5) is 14.3. The summed E-state index contributed by atoms with van der Waals surface area (Å²) in [6, 6.07) is 19.9. The molecule has 132 valence electrons. The summed E-state index contributed by atoms with van der Waals surface area (Å²) in [6.07, 6.45) is 1.93. The molecule has 4 nitrogen and oxygen atoms in total. The van der Waals surface area contributed by atoms with Gasteiger partial charge in [0, 0.05) is 24.3 Å². The maximum atomic E-state index is 12.2. The van der Waals surface area contributed by atoms with Gasteiger partial charge in [-0.3, -0.25) is 4.79 Å². The van der Waals surface area contributed by atoms with Crippen LogP contribution in [0.2, 0.25) is 0 Å². The summed E-state index contributed by atoms with van der Waals surface area (Å²) in [5, 5.41) is 6.23. The van der Waals surface area contributed by atoms with Crippen molar-refractivity contribution in [3.63, 3.8) is 0 Å². The highest BCUT2D eigenvalue weighted by Gasteiger charge is 2.08. The van der Waals surface area contributed by atoms with Crippen LogP contribution in [0.15, 0.2) is 70.2 Å². The van der Waals surface area contributed by atoms with Crippen molar-refractivity contribution in [2.24, 2.45) is 5.10 Å². The van der Waals surface area contributed by atoms with Crippen molar-refractivity contribution in [2.45, 2.75) is 6.42 Å². The molecule has 0 spiro atoms. The first-order chi connectivity index (χ1) is 12.5. The molecule has 0 heterocycles. The molecule has 5 heteroatoms. The Bertz CT molecular complexity index is 949. The number of amides is 1. The van der Waals surface area contributed by atoms with Crippen LogP contribution in [0.4, 0.5) is 5.69 Å². The molecule has 0 saturated heterocycles. The van der Waals surface area contributed by atoms with Crippen molar-refractivity contribution in [2.75, 3.05) is 19.0 Å². The normalized spacial score (nSPS) is 11.0. The fraction of sp³-hybridized carbons (Fsp3) is 0.143. The summed E-state index contributed by atoms with van der Waals surface area (Å²) in [7, 11) is 3.99. The monoisotopic (exact) mass is 409 g/mol. The molecule has 1 amide bonds. The zero-order valence-corrected chi connectivity index (χ0v) is 16.3. The Morgan fingerprint density at radius 3 is 2.42 bits per heavy atom. The quantitative estimate of drug-likeness (QED) is 0.502. The maximum Gasteiger partial charge on any atom is 0.244 e. The van der Waals surface area contributed by atoms with Crippen LogP contribution in [0.25, 0.3) is 10.8 Å². The highest BCUT2D eigenvalue weighted by Crippen LogP contribution is 2.27. The number of hydrazone groups is 1. The average Bonchev–Trinajstić information content (AvgIpc) is 2.65. The Kier molecular flexibility index (Phi) is 5.68. The summed E-state index contributed by atoms with van der Waals surface area (Å²) in [5.74, 6) is -0.140. The number of rotatable bonds is 5. The molecular formula is C21H20BrN3O. The molecule has 0 bridgehead atoms. The minimum absolute atomic E-state index is 0.140. The number of hydrogen-bond acceptors (Lipinski definition) is 3. The van der Waals surface area contributed by atoms with E-state index >= 15 is 0 Å². The molecule has 0 radical (unpaired) electrons. The van der Waals surface area contributed by atoms with Crippen LogP contribution in [0.1, 0.15) is 11.1 Å². The molecule has 26 heavy (non-hydrogen) atoms. The molecule has 0 aliphatic carbocycles. The number of anilines is 1. The van der Waals surface area contributed by atoms with Gasteiger partial charge in [-0.05, 0) is 40.1 Å². The summed E-state index contributed by atoms with van der Waals surface area (Å²) in [5.41, 5.74) is 5.64. The second-order valence-corrected chi connectivity index (χ2v) is 7.06. The van der Waals surface area contributed by atoms with Crippen molar-refractivity contribution in [3.05, 3.63) is 76.3 Å². The summed E-state index contributed by atoms with van der Waals surface area (Å²) >= 11 is 3.55. The number of hydrogen-bond donors (Lipinski definition) is 1. The highest BCUT2D eigenvalue weighted by atomic mass is 79.9. The molecule has 1 N–H and O–H groups in total. The lowest BCUT2D eigenvalue weighted by Crippen LogP contribution is -2.19. The average molecular weight is 410 g/mol. The number of benzene rings is 3. The van der Waals surface area contributed by atoms with Gasteiger partial charge in [-0.1, -0.05) is 58.4 Å². The van der Waals surface area contributed by atoms with E-state index in [9.17, 15) is 4.79 Å². The van der Waals surface area contributed by atoms with Gasteiger partial charge in [-0.2, -0.15) is 5.10 Å². The Morgan fingerprint density at radius 1 is 1.04 bits per heavy atom. The van der Waals surface area contributed by atoms with Gasteiger partial charge in [-0.15, -0.1) is 0 Å². The fourth-order valence-corrected chi connectivity index (χ4v) is 3.21. The van der Waals surface area contributed by atoms with Gasteiger partial charge in [-0.25, -0.2) is 5.43 Å². The molecule has 0 fully saturated rings. The summed E-state index contributed by atoms with van der Waals surface area (Å²) < 4.78 is 1.02. The first-order valence-corrected chi connectivity index (χ1v) is 9.09. The number of nitrogens with zero attached hydrogens (tertiary/aromatic N) is 2. The van der Waals surface area contributed by atoms with Crippen molar-refractivity contribution in [1.82, 2.24) is 5.43 Å². The van der Waals surface area contributed by atoms with Gasteiger partial charge >= 0.3 is 0 Å². The predicted molar refractivity (Wildman–Crippen MR) is 112 cm³/mol. The molecular weight excluding hydrogens is 390 g/mol. The first-order valence-electron chi connectivity index (χ1n) is 8.30. The third-order valence-corrected chi connectivity index (χ3v) is 4.82. The topological polar surface area (TPSA) is 44.7 Å². The Morgan fingerprint density at radius 2 is 1.73 bits per heavy atom. The smallest absolute Gasteiger partial charge is 0.244 e. The van der Waals surface area contributed by atoms with Gasteiger partial charge in [0.05, 0.1) is 12.6 Å². The lowest BCUT2D eigenvalue weighted by atomic mass is 10.0. The first kappa shape index (κ1) is 18.1. The van der Waals surface area contributed by atoms with Gasteiger partial charge in [0.15, 0.2) is 0 Å². The Hall–Kier alpha value is -2.66. The van der Waals surface area contributed by atoms with Crippen LogP contribution in [0, 0.1) is 0 Å². The van der Waals surface area contributed by atoms with E-state index in [1.165, 1.54) is 0 Å². The van der Waals surface area contributed by atoms with Crippen LogP contribution in [-0.2, 0) is 11.2 Å². The van der Waals surface area contributed by atoms with Gasteiger partial charge < -0.3 is 4.90 Å². The molecule has 0 atom stereocenters. The van der Waals surface area contributed by atoms with E-state index in [1.807, 2.05) is 79.7 Å². The molecule has 0 aliphatic rings. The lowest BCUT2D eigenvalue weighted by molar-refractivity contribution is -0.120. The van der Waals surface area contributed by atoms with Crippen molar-refractivity contribution in [3.8, 4) is 0 Å². The van der Waals surface area contributed by atoms with Crippen LogP contribution in [0.5, 0.6) is 0 Å². The zero-order valence-electron chi connectivity index (χ0n) is 14.7. The molecule has 0 aliphatic heterocycles. The zero-order chi connectivity index (χ0) is 18.5. The third-order valence-electron chi connectivity index (χ3n) is 4.12. The van der Waals surface area contributed by atoms with Crippen molar-refractivity contribution < 1.29 is 4.79 Å². The Balaban J connectivity index is 1.65. The lowest BCUT2D eigenvalue weighted by Gasteiger charge is -2.11. The van der Waals surface area contributed by atoms with E-state index in [1.54, 1.807) is 6.21 Å². The molecule has 3 rings (SSSR count). The Labute approximate surface area is 161 Å². The number of fused-ring (bicyclic) bond motifs is 1. The van der Waals surface area contributed by atoms with Crippen LogP contribution < -0.4 is 10.3 Å². The number of carbonyl (C=O) groups excluding carboxylic acids is 1. The molecule has 0 aromatic heterocycles. The minimum Gasteiger partial charge on any atom is -0.378 e. The number of nitrogens with one attached hydrogen (secondary N) is 1. The summed E-state index contributed by atoms with van der Waals surface area (Å²) in [6.45, 7) is 0. The SMILES string of the molecule is CN(C)c1ccc(C=NNC(=O)Cc2ccc(Br)c3ccccc23)cc1. The molecule has 0 unspecified atom stereocenters. The number of carbonyl (C=O) groups is 1. The molecule has 3 aromatic carbocycles. The number of halogens is 1. The van der Waals surface area contributed by atoms with Crippen LogP contribution in [0.3, 0.4) is 0 Å². The van der Waals surface area contributed by atoms with E-state index in [0.717, 1.165) is 32.1 Å². The van der Waals surface area contributed by atoms with Gasteiger partial charge in [0.2, 0.25) is 5.91 Å². The van der Waals surface area contributed by atoms with E-state index < -0.39 is 0 Å². The molecule has 0 saturated carbocycles. The largest absolute Gasteiger partial charge is 0.378 e. The van der Waals surface area contributed by atoms with Crippen molar-refractivity contribution >= 4 is 44.5 Å². The van der Waals surface area contributed by atoms with Gasteiger partial charge in [0.1, 0.15) is 0 Å². The fourth-order valence-electron chi connectivity index (χ4n) is 2.73.